The van der Waals surface area contributed by atoms with E-state index in [0.717, 1.165) is 39.5 Å². The molecule has 1 aliphatic carbocycles. The molecule has 0 spiro atoms. The van der Waals surface area contributed by atoms with Gasteiger partial charge in [-0.2, -0.15) is 20.2 Å². The minimum absolute atomic E-state index is 0.0219. The van der Waals surface area contributed by atoms with Crippen molar-refractivity contribution in [1.82, 2.24) is 45.5 Å². The molecule has 0 aliphatic heterocycles. The van der Waals surface area contributed by atoms with Crippen molar-refractivity contribution >= 4 is 228 Å². The Morgan fingerprint density at radius 3 is 1.32 bits per heavy atom. The summed E-state index contributed by atoms with van der Waals surface area (Å²) in [7, 11) is -18.9. The second kappa shape index (κ2) is 48.6. The molecular formula is C95H81BrCl3N19O16S6. The predicted molar refractivity (Wildman–Crippen MR) is 548 cm³/mol. The Kier molecular flexibility index (Phi) is 35.9. The van der Waals surface area contributed by atoms with Crippen molar-refractivity contribution in [1.29, 1.82) is 0 Å². The Hall–Kier alpha value is -15.4. The Labute approximate surface area is 831 Å². The van der Waals surface area contributed by atoms with Gasteiger partial charge < -0.3 is 31.1 Å². The van der Waals surface area contributed by atoms with Crippen molar-refractivity contribution in [2.24, 2.45) is 0 Å². The number of nitrogens with one attached hydrogen (secondary N) is 12. The fourth-order valence-electron chi connectivity index (χ4n) is 12.1. The summed E-state index contributed by atoms with van der Waals surface area (Å²) in [6.45, 7) is 5.66. The Bertz CT molecular complexity index is 7710. The summed E-state index contributed by atoms with van der Waals surface area (Å²) in [5.41, 5.74) is 8.30. The maximum Gasteiger partial charge on any atom is 0.264 e. The molecule has 5 heterocycles. The quantitative estimate of drug-likeness (QED) is 0.0153. The molecule has 5 amide bonds. The lowest BCUT2D eigenvalue weighted by Crippen LogP contribution is -2.15. The highest BCUT2D eigenvalue weighted by molar-refractivity contribution is 9.09. The molecule has 15 aromatic rings. The molecule has 12 N–H and O–H groups in total. The highest BCUT2D eigenvalue weighted by atomic mass is 79.9. The van der Waals surface area contributed by atoms with Crippen LogP contribution in [0.15, 0.2) is 362 Å². The molecule has 0 bridgehead atoms. The van der Waals surface area contributed by atoms with E-state index in [1.165, 1.54) is 188 Å². The van der Waals surface area contributed by atoms with Crippen LogP contribution in [0, 0.1) is 20.8 Å². The number of aromatic nitrogens is 9. The number of aromatic amines is 2. The van der Waals surface area contributed by atoms with Gasteiger partial charge in [-0.05, 0) is 248 Å². The number of aryl methyl sites for hydroxylation is 3. The molecule has 0 radical (unpaired) electrons. The van der Waals surface area contributed by atoms with Crippen molar-refractivity contribution in [3.05, 3.63) is 388 Å². The number of amides is 5. The third-order valence-corrected chi connectivity index (χ3v) is 28.2. The Morgan fingerprint density at radius 1 is 0.421 bits per heavy atom. The average Bonchev–Trinajstić information content (AvgIpc) is 1.30. The van der Waals surface area contributed by atoms with E-state index in [9.17, 15) is 66.1 Å². The first-order valence-corrected chi connectivity index (χ1v) is 51.4. The SMILES string of the molecule is Cc1cc(NS(=O)(=O)c2ccc(NC(=O)/C=C/c3ccccc3Cl)cc2)no1.Cc1ccc(/C=C/C(=O)Nc2ccc(S(=O)(=O)Nc3nccs3)cc2)c(C)c1.O=C(/C=C/C1=CCC(Br)C=C1)Nc1ccc(S(=O)(=O)Nc2ncn[nH]2)cc1.O=C(/C=C/c1c(Cl)cccc1Cl)Nc1ccc(S(=O)(=O)Nc2ccccn2)cc1.O=C(Nc1ccc(S(=O)(=O)Nc2ncn[nH]2)cc1)c1ccc2ccccc2c1. The summed E-state index contributed by atoms with van der Waals surface area (Å²) in [5.74, 6) is -0.815. The van der Waals surface area contributed by atoms with Crippen LogP contribution in [-0.4, -0.2) is 122 Å². The molecule has 0 saturated heterocycles. The van der Waals surface area contributed by atoms with E-state index in [2.05, 4.69) is 118 Å². The van der Waals surface area contributed by atoms with E-state index in [4.69, 9.17) is 39.3 Å². The number of anilines is 10. The van der Waals surface area contributed by atoms with E-state index >= 15 is 0 Å². The van der Waals surface area contributed by atoms with Gasteiger partial charge in [-0.25, -0.2) is 71.7 Å². The number of thiazole rings is 1. The van der Waals surface area contributed by atoms with Crippen LogP contribution in [0.5, 0.6) is 0 Å². The van der Waals surface area contributed by atoms with Gasteiger partial charge in [0.05, 0.1) is 24.5 Å². The number of halogens is 4. The second-order valence-electron chi connectivity index (χ2n) is 29.3. The normalized spacial score (nSPS) is 12.5. The zero-order valence-electron chi connectivity index (χ0n) is 73.3. The van der Waals surface area contributed by atoms with Crippen LogP contribution < -0.4 is 50.2 Å². The smallest absolute Gasteiger partial charge is 0.264 e. The lowest BCUT2D eigenvalue weighted by molar-refractivity contribution is -0.112. The second-order valence-corrected chi connectivity index (χ2v) is 41.0. The van der Waals surface area contributed by atoms with Crippen molar-refractivity contribution in [3.8, 4) is 0 Å². The third kappa shape index (κ3) is 31.6. The van der Waals surface area contributed by atoms with Crippen molar-refractivity contribution in [3.63, 3.8) is 0 Å². The molecular weight excluding hydrogens is 2040 g/mol. The van der Waals surface area contributed by atoms with Crippen LogP contribution in [0.3, 0.4) is 0 Å². The number of carbonyl (C=O) groups is 5. The number of H-pyrrole nitrogens is 2. The number of nitrogens with zero attached hydrogens (tertiary/aromatic N) is 7. The number of hydrogen-bond donors (Lipinski definition) is 12. The number of alkyl halides is 1. The Morgan fingerprint density at radius 2 is 0.871 bits per heavy atom. The summed E-state index contributed by atoms with van der Waals surface area (Å²) in [6.07, 6.45) is 24.4. The summed E-state index contributed by atoms with van der Waals surface area (Å²) >= 11 is 22.8. The van der Waals surface area contributed by atoms with E-state index in [-0.39, 0.29) is 71.6 Å². The number of hydrogen-bond acceptors (Lipinski definition) is 24. The van der Waals surface area contributed by atoms with Gasteiger partial charge in [0.1, 0.15) is 24.2 Å². The lowest BCUT2D eigenvalue weighted by Gasteiger charge is -2.08. The van der Waals surface area contributed by atoms with Gasteiger partial charge in [0, 0.05) is 108 Å². The summed E-state index contributed by atoms with van der Waals surface area (Å²) in [5, 5.41) is 34.4. The topological polar surface area (TPSA) is 511 Å². The lowest BCUT2D eigenvalue weighted by atomic mass is 10.1. The van der Waals surface area contributed by atoms with Crippen molar-refractivity contribution in [2.45, 2.75) is 56.5 Å². The van der Waals surface area contributed by atoms with Crippen LogP contribution in [0.25, 0.3) is 29.0 Å². The number of benzene rings is 10. The van der Waals surface area contributed by atoms with E-state index in [1.54, 1.807) is 103 Å². The van der Waals surface area contributed by atoms with E-state index in [1.807, 2.05) is 86.7 Å². The minimum Gasteiger partial charge on any atom is -0.360 e. The van der Waals surface area contributed by atoms with Crippen molar-refractivity contribution in [2.75, 3.05) is 50.2 Å². The zero-order chi connectivity index (χ0) is 100.0. The van der Waals surface area contributed by atoms with Crippen LogP contribution in [-0.2, 0) is 69.3 Å². The molecule has 35 nitrogen and oxygen atoms in total. The van der Waals surface area contributed by atoms with Gasteiger partial charge in [0.15, 0.2) is 10.9 Å². The number of carbonyl (C=O) groups excluding carboxylic acids is 5. The molecule has 140 heavy (non-hydrogen) atoms. The first-order valence-electron chi connectivity index (χ1n) is 41.1. The monoisotopic (exact) mass is 2120 g/mol. The van der Waals surface area contributed by atoms with E-state index < -0.39 is 56.0 Å². The van der Waals surface area contributed by atoms with Gasteiger partial charge in [-0.3, -0.25) is 38.1 Å². The molecule has 10 aromatic carbocycles. The molecule has 0 saturated carbocycles. The molecule has 5 aromatic heterocycles. The number of fused-ring (bicyclic) bond motifs is 1. The Balaban J connectivity index is 0.000000157. The van der Waals surface area contributed by atoms with Gasteiger partial charge in [0.25, 0.3) is 56.0 Å². The summed E-state index contributed by atoms with van der Waals surface area (Å²) < 4.78 is 140. The molecule has 16 rings (SSSR count). The van der Waals surface area contributed by atoms with Gasteiger partial charge in [0.2, 0.25) is 35.5 Å². The predicted octanol–water partition coefficient (Wildman–Crippen LogP) is 18.9. The first kappa shape index (κ1) is 104. The molecule has 1 aliphatic rings. The van der Waals surface area contributed by atoms with Crippen LogP contribution >= 0.6 is 62.1 Å². The highest BCUT2D eigenvalue weighted by Gasteiger charge is 2.23. The third-order valence-electron chi connectivity index (χ3n) is 18.9. The number of allylic oxidation sites excluding steroid dienone is 5. The fraction of sp³-hybridized carbons (Fsp3) is 0.0526. The van der Waals surface area contributed by atoms with Crippen molar-refractivity contribution < 1.29 is 70.6 Å². The summed E-state index contributed by atoms with van der Waals surface area (Å²) in [4.78, 5) is 76.6. The standard InChI is InChI=1S/C20H15Cl2N3O3S.C20H19N3O3S2.C19H16ClN3O4S.C19H15N5O3S.C17H16BrN5O3S/c21-17-4-3-5-18(22)16(17)11-12-20(26)24-14-7-9-15(10-8-14)29(27,28)25-19-6-1-2-13-23-19;1-14-3-4-16(15(2)13-14)5-10-19(24)22-17-6-8-18(9-7-17)28(25,26)23-20-21-11-12-27-20;1-13-12-18(22-27-13)23-28(25,26)16-9-7-15(8-10-16)21-19(24)11-6-14-4-2-3-5-17(14)20;25-18(15-6-5-13-3-1-2-4-14(13)11-15)22-16-7-9-17(10-8-16)28(26,27)24-19-20-12-21-23-19;18-13-4-1-12(2-5-13)3-10-16(24)21-14-6-8-15(9-7-14)27(25,26)23-17-19-11-20-22-17/h1-13H,(H,23,25)(H,24,26);3-13H,1-2H3,(H,21,23)(H,22,24);2-12H,1H3,(H,21,24)(H,22,23);1-12H,(H,22,25)(H2,20,21,23,24);1-4,6-11,13H,5H2,(H,21,24)(H2,19,20,22,23)/b12-11+;10-5+;11-6+;;10-3+. The fourth-order valence-corrected chi connectivity index (χ4v) is 18.9. The molecule has 0 fully saturated rings. The van der Waals surface area contributed by atoms with Crippen LogP contribution in [0.2, 0.25) is 15.1 Å². The highest BCUT2D eigenvalue weighted by Crippen LogP contribution is 2.30. The maximum absolute atomic E-state index is 12.5. The van der Waals surface area contributed by atoms with Gasteiger partial charge >= 0.3 is 0 Å². The first-order chi connectivity index (χ1) is 66.9. The molecule has 716 valence electrons. The summed E-state index contributed by atoms with van der Waals surface area (Å²) in [6, 6.07) is 66.8. The molecule has 1 unspecified atom stereocenters. The molecule has 1 atom stereocenters. The minimum atomic E-state index is -3.81. The van der Waals surface area contributed by atoms with Crippen LogP contribution in [0.4, 0.5) is 57.1 Å². The number of rotatable bonds is 29. The largest absolute Gasteiger partial charge is 0.360 e. The zero-order valence-corrected chi connectivity index (χ0v) is 82.1. The average molecular weight is 2120 g/mol. The maximum atomic E-state index is 12.5. The van der Waals surface area contributed by atoms with Crippen LogP contribution in [0.1, 0.15) is 50.4 Å². The number of sulfonamides is 5. The van der Waals surface area contributed by atoms with Gasteiger partial charge in [-0.1, -0.05) is 159 Å². The number of pyridine rings is 1. The van der Waals surface area contributed by atoms with E-state index in [0.29, 0.717) is 70.4 Å². The molecule has 45 heteroatoms. The van der Waals surface area contributed by atoms with Gasteiger partial charge in [-0.15, -0.1) is 11.3 Å².